The van der Waals surface area contributed by atoms with Crippen molar-refractivity contribution in [1.29, 1.82) is 0 Å². The largest absolute Gasteiger partial charge is 0.447 e. The molecule has 22 heavy (non-hydrogen) atoms. The highest BCUT2D eigenvalue weighted by molar-refractivity contribution is 5.96. The first-order valence-electron chi connectivity index (χ1n) is 7.12. The molecular weight excluding hydrogens is 284 g/mol. The van der Waals surface area contributed by atoms with Crippen LogP contribution in [0.3, 0.4) is 0 Å². The van der Waals surface area contributed by atoms with Crippen LogP contribution in [0.2, 0.25) is 0 Å². The van der Waals surface area contributed by atoms with Gasteiger partial charge in [-0.2, -0.15) is 0 Å². The number of amides is 2. The van der Waals surface area contributed by atoms with Crippen LogP contribution in [0.15, 0.2) is 36.6 Å². The SMILES string of the molecule is C=CC1=C(C=C)C2(CN(C(=O)OC(C)C)C2)C(=O)N1CC=O. The van der Waals surface area contributed by atoms with Gasteiger partial charge >= 0.3 is 6.09 Å². The number of hydrogen-bond acceptors (Lipinski definition) is 4. The molecule has 0 aromatic rings. The Morgan fingerprint density at radius 2 is 2.00 bits per heavy atom. The number of likely N-dealkylation sites (tertiary alicyclic amines) is 1. The van der Waals surface area contributed by atoms with Crippen LogP contribution < -0.4 is 0 Å². The van der Waals surface area contributed by atoms with Crippen molar-refractivity contribution in [3.63, 3.8) is 0 Å². The molecule has 2 heterocycles. The number of carbonyl (C=O) groups is 3. The fourth-order valence-electron chi connectivity index (χ4n) is 2.97. The minimum absolute atomic E-state index is 0.0320. The van der Waals surface area contributed by atoms with Crippen molar-refractivity contribution in [2.45, 2.75) is 20.0 Å². The molecule has 118 valence electrons. The van der Waals surface area contributed by atoms with Crippen LogP contribution in [0, 0.1) is 5.41 Å². The van der Waals surface area contributed by atoms with Crippen molar-refractivity contribution in [3.8, 4) is 0 Å². The van der Waals surface area contributed by atoms with Gasteiger partial charge in [0.05, 0.1) is 12.6 Å². The second kappa shape index (κ2) is 5.79. The van der Waals surface area contributed by atoms with Crippen LogP contribution in [0.25, 0.3) is 0 Å². The number of carbonyl (C=O) groups excluding carboxylic acids is 3. The molecule has 6 nitrogen and oxygen atoms in total. The lowest BCUT2D eigenvalue weighted by atomic mass is 9.74. The molecule has 2 rings (SSSR count). The molecule has 1 fully saturated rings. The van der Waals surface area contributed by atoms with Gasteiger partial charge in [-0.25, -0.2) is 4.79 Å². The fourth-order valence-corrected chi connectivity index (χ4v) is 2.97. The van der Waals surface area contributed by atoms with Gasteiger partial charge in [-0.15, -0.1) is 0 Å². The van der Waals surface area contributed by atoms with E-state index < -0.39 is 11.5 Å². The van der Waals surface area contributed by atoms with Crippen LogP contribution in [-0.4, -0.2) is 53.8 Å². The first-order valence-corrected chi connectivity index (χ1v) is 7.12. The van der Waals surface area contributed by atoms with E-state index in [4.69, 9.17) is 4.74 Å². The number of hydrogen-bond donors (Lipinski definition) is 0. The van der Waals surface area contributed by atoms with Crippen LogP contribution in [0.1, 0.15) is 13.8 Å². The lowest BCUT2D eigenvalue weighted by molar-refractivity contribution is -0.143. The zero-order valence-electron chi connectivity index (χ0n) is 12.9. The average molecular weight is 304 g/mol. The van der Waals surface area contributed by atoms with E-state index in [2.05, 4.69) is 13.2 Å². The summed E-state index contributed by atoms with van der Waals surface area (Å²) in [5, 5.41) is 0. The molecule has 0 aromatic heterocycles. The van der Waals surface area contributed by atoms with Crippen molar-refractivity contribution in [2.75, 3.05) is 19.6 Å². The second-order valence-corrected chi connectivity index (χ2v) is 5.66. The number of aldehydes is 1. The van der Waals surface area contributed by atoms with E-state index in [-0.39, 0.29) is 31.6 Å². The lowest BCUT2D eigenvalue weighted by Gasteiger charge is -2.46. The van der Waals surface area contributed by atoms with Gasteiger partial charge in [0.2, 0.25) is 5.91 Å². The van der Waals surface area contributed by atoms with Crippen LogP contribution in [0.4, 0.5) is 4.79 Å². The zero-order valence-corrected chi connectivity index (χ0v) is 12.9. The number of nitrogens with zero attached hydrogens (tertiary/aromatic N) is 2. The predicted molar refractivity (Wildman–Crippen MR) is 80.8 cm³/mol. The van der Waals surface area contributed by atoms with Gasteiger partial charge in [0.25, 0.3) is 0 Å². The van der Waals surface area contributed by atoms with Gasteiger partial charge in [-0.3, -0.25) is 4.79 Å². The van der Waals surface area contributed by atoms with E-state index in [0.29, 0.717) is 17.6 Å². The van der Waals surface area contributed by atoms with E-state index in [9.17, 15) is 14.4 Å². The Morgan fingerprint density at radius 1 is 1.36 bits per heavy atom. The van der Waals surface area contributed by atoms with Gasteiger partial charge in [0.1, 0.15) is 11.7 Å². The molecule has 0 aliphatic carbocycles. The highest BCUT2D eigenvalue weighted by Gasteiger charge is 2.59. The van der Waals surface area contributed by atoms with Crippen LogP contribution >= 0.6 is 0 Å². The molecule has 2 aliphatic rings. The normalized spacial score (nSPS) is 19.5. The van der Waals surface area contributed by atoms with E-state index in [1.807, 2.05) is 0 Å². The van der Waals surface area contributed by atoms with Gasteiger partial charge < -0.3 is 19.3 Å². The maximum atomic E-state index is 12.7. The van der Waals surface area contributed by atoms with Gasteiger partial charge in [0, 0.05) is 18.8 Å². The summed E-state index contributed by atoms with van der Waals surface area (Å²) < 4.78 is 5.13. The maximum Gasteiger partial charge on any atom is 0.410 e. The van der Waals surface area contributed by atoms with E-state index >= 15 is 0 Å². The molecule has 1 spiro atoms. The number of allylic oxidation sites excluding steroid dienone is 2. The third-order valence-electron chi connectivity index (χ3n) is 3.91. The minimum Gasteiger partial charge on any atom is -0.447 e. The Labute approximate surface area is 129 Å². The average Bonchev–Trinajstić information content (AvgIpc) is 2.65. The lowest BCUT2D eigenvalue weighted by Crippen LogP contribution is -2.63. The topological polar surface area (TPSA) is 66.9 Å². The summed E-state index contributed by atoms with van der Waals surface area (Å²) in [7, 11) is 0. The van der Waals surface area contributed by atoms with Gasteiger partial charge in [-0.1, -0.05) is 19.2 Å². The van der Waals surface area contributed by atoms with Crippen molar-refractivity contribution >= 4 is 18.3 Å². The first-order chi connectivity index (χ1) is 10.4. The third kappa shape index (κ3) is 2.24. The second-order valence-electron chi connectivity index (χ2n) is 5.66. The summed E-state index contributed by atoms with van der Waals surface area (Å²) in [4.78, 5) is 38.3. The summed E-state index contributed by atoms with van der Waals surface area (Å²) in [6.07, 6.45) is 3.16. The summed E-state index contributed by atoms with van der Waals surface area (Å²) in [6.45, 7) is 11.4. The van der Waals surface area contributed by atoms with Crippen LogP contribution in [0.5, 0.6) is 0 Å². The third-order valence-corrected chi connectivity index (χ3v) is 3.91. The monoisotopic (exact) mass is 304 g/mol. The molecule has 0 saturated carbocycles. The number of rotatable bonds is 5. The molecule has 1 saturated heterocycles. The standard InChI is InChI=1S/C16H20N2O4/c1-5-12-13(6-2)18(7-8-19)14(20)16(12)9-17(10-16)15(21)22-11(3)4/h5-6,8,11H,1-2,7,9-10H2,3-4H3. The highest BCUT2D eigenvalue weighted by atomic mass is 16.6. The van der Waals surface area contributed by atoms with Gasteiger partial charge in [-0.05, 0) is 25.5 Å². The van der Waals surface area contributed by atoms with E-state index in [1.54, 1.807) is 26.0 Å². The van der Waals surface area contributed by atoms with E-state index in [0.717, 1.165) is 0 Å². The van der Waals surface area contributed by atoms with Crippen molar-refractivity contribution < 1.29 is 19.1 Å². The quantitative estimate of drug-likeness (QED) is 0.722. The van der Waals surface area contributed by atoms with Gasteiger partial charge in [0.15, 0.2) is 0 Å². The summed E-state index contributed by atoms with van der Waals surface area (Å²) in [5.41, 5.74) is 0.469. The molecule has 0 bridgehead atoms. The Morgan fingerprint density at radius 3 is 2.45 bits per heavy atom. The smallest absolute Gasteiger partial charge is 0.410 e. The van der Waals surface area contributed by atoms with Crippen molar-refractivity contribution in [2.24, 2.45) is 5.41 Å². The number of ether oxygens (including phenoxy) is 1. The fraction of sp³-hybridized carbons (Fsp3) is 0.438. The zero-order chi connectivity index (χ0) is 16.5. The predicted octanol–water partition coefficient (Wildman–Crippen LogP) is 1.50. The first kappa shape index (κ1) is 16.0. The maximum absolute atomic E-state index is 12.7. The summed E-state index contributed by atoms with van der Waals surface area (Å²) in [5.74, 6) is -0.196. The molecule has 2 amide bonds. The Kier molecular flexibility index (Phi) is 4.21. The van der Waals surface area contributed by atoms with E-state index in [1.165, 1.54) is 9.80 Å². The molecule has 6 heteroatoms. The molecular formula is C16H20N2O4. The molecule has 0 aromatic carbocycles. The Bertz CT molecular complexity index is 571. The molecule has 0 unspecified atom stereocenters. The molecule has 0 radical (unpaired) electrons. The van der Waals surface area contributed by atoms with Crippen LogP contribution in [-0.2, 0) is 14.3 Å². The summed E-state index contributed by atoms with van der Waals surface area (Å²) >= 11 is 0. The molecule has 2 aliphatic heterocycles. The highest BCUT2D eigenvalue weighted by Crippen LogP contribution is 2.47. The minimum atomic E-state index is -0.829. The Balaban J connectivity index is 2.25. The summed E-state index contributed by atoms with van der Waals surface area (Å²) in [6, 6.07) is 0. The van der Waals surface area contributed by atoms with Crippen molar-refractivity contribution in [3.05, 3.63) is 36.6 Å². The Hall–Kier alpha value is -2.37. The molecule has 0 atom stereocenters. The van der Waals surface area contributed by atoms with Crippen molar-refractivity contribution in [1.82, 2.24) is 9.80 Å². The molecule has 0 N–H and O–H groups in total.